The molecule has 20 heavy (non-hydrogen) atoms. The first-order chi connectivity index (χ1) is 9.47. The summed E-state index contributed by atoms with van der Waals surface area (Å²) >= 11 is 0. The van der Waals surface area contributed by atoms with E-state index in [0.717, 1.165) is 25.4 Å². The number of amides is 1. The van der Waals surface area contributed by atoms with E-state index < -0.39 is 0 Å². The van der Waals surface area contributed by atoms with Crippen LogP contribution < -0.4 is 0 Å². The van der Waals surface area contributed by atoms with E-state index in [2.05, 4.69) is 29.2 Å². The Morgan fingerprint density at radius 1 is 1.25 bits per heavy atom. The topological polar surface area (TPSA) is 20.3 Å². The van der Waals surface area contributed by atoms with Gasteiger partial charge >= 0.3 is 0 Å². The zero-order valence-electron chi connectivity index (χ0n) is 13.3. The first-order valence-corrected chi connectivity index (χ1v) is 8.08. The van der Waals surface area contributed by atoms with Gasteiger partial charge in [-0.2, -0.15) is 0 Å². The Kier molecular flexibility index (Phi) is 5.06. The quantitative estimate of drug-likeness (QED) is 0.689. The highest BCUT2D eigenvalue weighted by Crippen LogP contribution is 2.31. The average Bonchev–Trinajstić information content (AvgIpc) is 3.21. The summed E-state index contributed by atoms with van der Waals surface area (Å²) in [7, 11) is 0. The summed E-state index contributed by atoms with van der Waals surface area (Å²) in [6.07, 6.45) is 15.3. The van der Waals surface area contributed by atoms with Crippen molar-refractivity contribution in [3.63, 3.8) is 0 Å². The molecule has 0 heterocycles. The van der Waals surface area contributed by atoms with Crippen molar-refractivity contribution in [2.75, 3.05) is 13.1 Å². The smallest absolute Gasteiger partial charge is 0.228 e. The van der Waals surface area contributed by atoms with E-state index in [4.69, 9.17) is 0 Å². The van der Waals surface area contributed by atoms with E-state index in [1.807, 2.05) is 20.8 Å². The van der Waals surface area contributed by atoms with E-state index in [-0.39, 0.29) is 11.3 Å². The van der Waals surface area contributed by atoms with Crippen LogP contribution in [0.3, 0.4) is 0 Å². The second-order valence-corrected chi connectivity index (χ2v) is 7.38. The molecule has 0 saturated heterocycles. The zero-order valence-corrected chi connectivity index (χ0v) is 13.3. The molecular weight excluding hydrogens is 246 g/mol. The van der Waals surface area contributed by atoms with Gasteiger partial charge in [-0.1, -0.05) is 45.1 Å². The Labute approximate surface area is 123 Å². The van der Waals surface area contributed by atoms with Crippen LogP contribution in [-0.2, 0) is 4.79 Å². The second-order valence-electron chi connectivity index (χ2n) is 7.38. The molecule has 112 valence electrons. The van der Waals surface area contributed by atoms with Crippen LogP contribution in [0, 0.1) is 17.3 Å². The maximum absolute atomic E-state index is 12.5. The van der Waals surface area contributed by atoms with Crippen LogP contribution in [0.15, 0.2) is 24.3 Å². The molecule has 0 aromatic heterocycles. The fraction of sp³-hybridized carbons (Fsp3) is 0.722. The Morgan fingerprint density at radius 3 is 2.55 bits per heavy atom. The minimum Gasteiger partial charge on any atom is -0.338 e. The molecule has 0 aromatic rings. The summed E-state index contributed by atoms with van der Waals surface area (Å²) in [5.41, 5.74) is -0.268. The molecule has 0 aliphatic heterocycles. The lowest BCUT2D eigenvalue weighted by atomic mass is 9.93. The number of carbonyl (C=O) groups is 1. The molecule has 0 spiro atoms. The van der Waals surface area contributed by atoms with E-state index in [1.165, 1.54) is 25.7 Å². The molecule has 1 unspecified atom stereocenters. The van der Waals surface area contributed by atoms with Gasteiger partial charge in [-0.3, -0.25) is 4.79 Å². The summed E-state index contributed by atoms with van der Waals surface area (Å²) in [6, 6.07) is 0. The molecule has 0 radical (unpaired) electrons. The maximum atomic E-state index is 12.5. The van der Waals surface area contributed by atoms with Gasteiger partial charge < -0.3 is 4.90 Å². The van der Waals surface area contributed by atoms with Crippen molar-refractivity contribution < 1.29 is 4.79 Å². The Bertz CT molecular complexity index is 385. The van der Waals surface area contributed by atoms with Gasteiger partial charge in [-0.05, 0) is 43.9 Å². The number of rotatable bonds is 5. The van der Waals surface area contributed by atoms with Gasteiger partial charge in [0.15, 0.2) is 0 Å². The van der Waals surface area contributed by atoms with E-state index >= 15 is 0 Å². The monoisotopic (exact) mass is 275 g/mol. The third kappa shape index (κ3) is 4.81. The Morgan fingerprint density at radius 2 is 2.00 bits per heavy atom. The summed E-state index contributed by atoms with van der Waals surface area (Å²) in [6.45, 7) is 7.79. The van der Waals surface area contributed by atoms with E-state index in [9.17, 15) is 4.79 Å². The van der Waals surface area contributed by atoms with Crippen molar-refractivity contribution in [3.8, 4) is 0 Å². The predicted octanol–water partition coefficient (Wildman–Crippen LogP) is 4.18. The van der Waals surface area contributed by atoms with Gasteiger partial charge in [0.2, 0.25) is 5.91 Å². The van der Waals surface area contributed by atoms with Gasteiger partial charge in [0, 0.05) is 18.5 Å². The van der Waals surface area contributed by atoms with Crippen LogP contribution in [0.1, 0.15) is 52.9 Å². The summed E-state index contributed by atoms with van der Waals surface area (Å²) in [5, 5.41) is 0. The molecule has 0 bridgehead atoms. The average molecular weight is 275 g/mol. The van der Waals surface area contributed by atoms with Gasteiger partial charge in [0.1, 0.15) is 0 Å². The number of hydrogen-bond acceptors (Lipinski definition) is 1. The van der Waals surface area contributed by atoms with Gasteiger partial charge in [0.05, 0.1) is 0 Å². The molecule has 2 rings (SSSR count). The molecule has 0 N–H and O–H groups in total. The third-order valence-electron chi connectivity index (χ3n) is 4.15. The lowest BCUT2D eigenvalue weighted by Crippen LogP contribution is -2.40. The number of allylic oxidation sites excluding steroid dienone is 3. The van der Waals surface area contributed by atoms with Crippen LogP contribution >= 0.6 is 0 Å². The van der Waals surface area contributed by atoms with Crippen LogP contribution in [0.4, 0.5) is 0 Å². The molecular formula is C18H29NO. The van der Waals surface area contributed by atoms with Crippen LogP contribution in [0.5, 0.6) is 0 Å². The molecule has 2 aliphatic carbocycles. The van der Waals surface area contributed by atoms with Gasteiger partial charge in [-0.25, -0.2) is 0 Å². The van der Waals surface area contributed by atoms with Crippen LogP contribution in [0.2, 0.25) is 0 Å². The number of carbonyl (C=O) groups excluding carboxylic acids is 1. The third-order valence-corrected chi connectivity index (χ3v) is 4.15. The molecule has 2 nitrogen and oxygen atoms in total. The first-order valence-electron chi connectivity index (χ1n) is 8.08. The highest BCUT2D eigenvalue weighted by Gasteiger charge is 2.31. The summed E-state index contributed by atoms with van der Waals surface area (Å²) in [4.78, 5) is 14.6. The fourth-order valence-electron chi connectivity index (χ4n) is 2.70. The lowest BCUT2D eigenvalue weighted by molar-refractivity contribution is -0.139. The highest BCUT2D eigenvalue weighted by molar-refractivity contribution is 5.81. The van der Waals surface area contributed by atoms with Crippen molar-refractivity contribution in [1.29, 1.82) is 0 Å². The summed E-state index contributed by atoms with van der Waals surface area (Å²) in [5.74, 6) is 1.72. The predicted molar refractivity (Wildman–Crippen MR) is 84.4 cm³/mol. The number of nitrogens with zero attached hydrogens (tertiary/aromatic N) is 1. The normalized spacial score (nSPS) is 23.2. The van der Waals surface area contributed by atoms with Crippen molar-refractivity contribution in [2.45, 2.75) is 52.9 Å². The van der Waals surface area contributed by atoms with Crippen molar-refractivity contribution >= 4 is 5.91 Å². The van der Waals surface area contributed by atoms with Crippen molar-refractivity contribution in [3.05, 3.63) is 24.3 Å². The molecule has 2 heteroatoms. The van der Waals surface area contributed by atoms with Crippen LogP contribution in [0.25, 0.3) is 0 Å². The second kappa shape index (κ2) is 6.60. The van der Waals surface area contributed by atoms with Gasteiger partial charge in [0.25, 0.3) is 0 Å². The Balaban J connectivity index is 1.88. The number of hydrogen-bond donors (Lipinski definition) is 0. The lowest BCUT2D eigenvalue weighted by Gasteiger charge is -2.29. The minimum absolute atomic E-state index is 0.268. The maximum Gasteiger partial charge on any atom is 0.228 e. The first kappa shape index (κ1) is 15.3. The standard InChI is InChI=1S/C18H29NO/c1-18(2,3)17(20)19(14-16-11-12-16)13-7-10-15-8-5-4-6-9-15/h4-5,7,10,15-16H,6,8-9,11-14H2,1-3H3/b10-7+. The molecule has 1 atom stereocenters. The zero-order chi connectivity index (χ0) is 14.6. The van der Waals surface area contributed by atoms with Crippen molar-refractivity contribution in [1.82, 2.24) is 4.90 Å². The molecule has 0 aromatic carbocycles. The van der Waals surface area contributed by atoms with E-state index in [1.54, 1.807) is 0 Å². The van der Waals surface area contributed by atoms with Crippen molar-refractivity contribution in [2.24, 2.45) is 17.3 Å². The largest absolute Gasteiger partial charge is 0.338 e. The molecule has 1 amide bonds. The highest BCUT2D eigenvalue weighted by atomic mass is 16.2. The van der Waals surface area contributed by atoms with Crippen LogP contribution in [-0.4, -0.2) is 23.9 Å². The summed E-state index contributed by atoms with van der Waals surface area (Å²) < 4.78 is 0. The SMILES string of the molecule is CC(C)(C)C(=O)N(C/C=C/C1CC=CCC1)CC1CC1. The van der Waals surface area contributed by atoms with Gasteiger partial charge in [-0.15, -0.1) is 0 Å². The fourth-order valence-corrected chi connectivity index (χ4v) is 2.70. The minimum atomic E-state index is -0.268. The molecule has 1 fully saturated rings. The molecule has 2 aliphatic rings. The Hall–Kier alpha value is -1.05. The van der Waals surface area contributed by atoms with E-state index in [0.29, 0.717) is 5.92 Å². The molecule has 1 saturated carbocycles.